The third-order valence-corrected chi connectivity index (χ3v) is 5.01. The highest BCUT2D eigenvalue weighted by Gasteiger charge is 2.25. The Hall–Kier alpha value is -0.830. The van der Waals surface area contributed by atoms with E-state index in [4.69, 9.17) is 5.73 Å². The number of aryl methyl sites for hydroxylation is 2. The molecule has 20 heavy (non-hydrogen) atoms. The summed E-state index contributed by atoms with van der Waals surface area (Å²) in [5.74, 6) is 1.68. The van der Waals surface area contributed by atoms with Gasteiger partial charge in [-0.05, 0) is 37.7 Å². The summed E-state index contributed by atoms with van der Waals surface area (Å²) in [6.45, 7) is 4.34. The van der Waals surface area contributed by atoms with Crippen LogP contribution in [0.25, 0.3) is 0 Å². The number of unbranched alkanes of at least 4 members (excludes halogenated alkanes) is 1. The molecule has 1 aromatic rings. The van der Waals surface area contributed by atoms with Crippen molar-refractivity contribution in [1.82, 2.24) is 9.78 Å². The molecule has 1 unspecified atom stereocenters. The molecular formula is C17H31N3. The third kappa shape index (κ3) is 4.08. The minimum Gasteiger partial charge on any atom is -0.327 e. The lowest BCUT2D eigenvalue weighted by molar-refractivity contribution is 0.229. The first-order chi connectivity index (χ1) is 9.60. The maximum absolute atomic E-state index is 6.46. The highest BCUT2D eigenvalue weighted by molar-refractivity contribution is 5.10. The maximum atomic E-state index is 6.46. The summed E-state index contributed by atoms with van der Waals surface area (Å²) in [6.07, 6.45) is 10.6. The number of hydrogen-bond donors (Lipinski definition) is 1. The number of nitrogens with zero attached hydrogens (tertiary/aromatic N) is 2. The van der Waals surface area contributed by atoms with Crippen LogP contribution in [0.15, 0.2) is 6.07 Å². The minimum atomic E-state index is 0.303. The SMILES string of the molecule is CCCCC1CCC(C(N)Cc2cc(C)nn2C)CC1. The van der Waals surface area contributed by atoms with Crippen molar-refractivity contribution >= 4 is 0 Å². The molecule has 2 N–H and O–H groups in total. The molecule has 1 aliphatic carbocycles. The van der Waals surface area contributed by atoms with Crippen LogP contribution in [0.2, 0.25) is 0 Å². The second kappa shape index (κ2) is 7.26. The molecule has 2 rings (SSSR count). The van der Waals surface area contributed by atoms with Crippen molar-refractivity contribution in [3.8, 4) is 0 Å². The van der Waals surface area contributed by atoms with Crippen molar-refractivity contribution in [2.45, 2.75) is 71.3 Å². The summed E-state index contributed by atoms with van der Waals surface area (Å²) in [6, 6.07) is 2.48. The second-order valence-corrected chi connectivity index (χ2v) is 6.69. The molecule has 1 saturated carbocycles. The average molecular weight is 277 g/mol. The fourth-order valence-electron chi connectivity index (χ4n) is 3.66. The van der Waals surface area contributed by atoms with Crippen LogP contribution in [0.5, 0.6) is 0 Å². The molecule has 0 aliphatic heterocycles. The van der Waals surface area contributed by atoms with Crippen LogP contribution < -0.4 is 5.73 Å². The van der Waals surface area contributed by atoms with Crippen LogP contribution in [-0.2, 0) is 13.5 Å². The number of nitrogens with two attached hydrogens (primary N) is 1. The third-order valence-electron chi connectivity index (χ3n) is 5.01. The lowest BCUT2D eigenvalue weighted by Gasteiger charge is -2.32. The largest absolute Gasteiger partial charge is 0.327 e. The summed E-state index contributed by atoms with van der Waals surface area (Å²) in [4.78, 5) is 0. The zero-order valence-corrected chi connectivity index (χ0v) is 13.4. The first-order valence-electron chi connectivity index (χ1n) is 8.35. The quantitative estimate of drug-likeness (QED) is 0.863. The van der Waals surface area contributed by atoms with Crippen molar-refractivity contribution in [2.24, 2.45) is 24.6 Å². The van der Waals surface area contributed by atoms with Gasteiger partial charge in [0.25, 0.3) is 0 Å². The molecule has 1 fully saturated rings. The molecule has 1 aromatic heterocycles. The summed E-state index contributed by atoms with van der Waals surface area (Å²) in [5, 5.41) is 4.42. The van der Waals surface area contributed by atoms with Crippen LogP contribution in [0.3, 0.4) is 0 Å². The molecule has 0 aromatic carbocycles. The van der Waals surface area contributed by atoms with E-state index in [1.807, 2.05) is 18.7 Å². The molecule has 1 aliphatic rings. The molecule has 0 saturated heterocycles. The van der Waals surface area contributed by atoms with Crippen LogP contribution >= 0.6 is 0 Å². The minimum absolute atomic E-state index is 0.303. The van der Waals surface area contributed by atoms with E-state index in [9.17, 15) is 0 Å². The van der Waals surface area contributed by atoms with Gasteiger partial charge in [0.1, 0.15) is 0 Å². The molecular weight excluding hydrogens is 246 g/mol. The van der Waals surface area contributed by atoms with E-state index in [2.05, 4.69) is 18.1 Å². The smallest absolute Gasteiger partial charge is 0.0596 e. The van der Waals surface area contributed by atoms with E-state index in [-0.39, 0.29) is 0 Å². The molecule has 0 bridgehead atoms. The van der Waals surface area contributed by atoms with Gasteiger partial charge in [-0.15, -0.1) is 0 Å². The van der Waals surface area contributed by atoms with E-state index < -0.39 is 0 Å². The van der Waals surface area contributed by atoms with Crippen molar-refractivity contribution in [3.05, 3.63) is 17.5 Å². The molecule has 0 amide bonds. The van der Waals surface area contributed by atoms with Gasteiger partial charge in [0.15, 0.2) is 0 Å². The van der Waals surface area contributed by atoms with Crippen molar-refractivity contribution in [1.29, 1.82) is 0 Å². The highest BCUT2D eigenvalue weighted by atomic mass is 15.3. The van der Waals surface area contributed by atoms with Crippen molar-refractivity contribution in [3.63, 3.8) is 0 Å². The van der Waals surface area contributed by atoms with Gasteiger partial charge in [-0.1, -0.05) is 39.0 Å². The van der Waals surface area contributed by atoms with Crippen molar-refractivity contribution in [2.75, 3.05) is 0 Å². The summed E-state index contributed by atoms with van der Waals surface area (Å²) >= 11 is 0. The van der Waals surface area contributed by atoms with E-state index in [0.29, 0.717) is 12.0 Å². The van der Waals surface area contributed by atoms with Crippen LogP contribution in [0, 0.1) is 18.8 Å². The fourth-order valence-corrected chi connectivity index (χ4v) is 3.66. The molecule has 0 radical (unpaired) electrons. The Morgan fingerprint density at radius 3 is 2.60 bits per heavy atom. The maximum Gasteiger partial charge on any atom is 0.0596 e. The fraction of sp³-hybridized carbons (Fsp3) is 0.824. The molecule has 3 heteroatoms. The summed E-state index contributed by atoms with van der Waals surface area (Å²) in [7, 11) is 2.02. The Kier molecular flexibility index (Phi) is 5.64. The van der Waals surface area contributed by atoms with Gasteiger partial charge >= 0.3 is 0 Å². The standard InChI is InChI=1S/C17H31N3/c1-4-5-6-14-7-9-15(10-8-14)17(18)12-16-11-13(2)19-20(16)3/h11,14-15,17H,4-10,12,18H2,1-3H3. The van der Waals surface area contributed by atoms with Gasteiger partial charge in [-0.3, -0.25) is 4.68 Å². The Morgan fingerprint density at radius 1 is 1.35 bits per heavy atom. The lowest BCUT2D eigenvalue weighted by Crippen LogP contribution is -2.35. The number of rotatable bonds is 6. The van der Waals surface area contributed by atoms with Gasteiger partial charge in [0.05, 0.1) is 5.69 Å². The Labute approximate surface area is 123 Å². The van der Waals surface area contributed by atoms with Crippen LogP contribution in [0.1, 0.15) is 63.3 Å². The first kappa shape index (κ1) is 15.6. The average Bonchev–Trinajstić information content (AvgIpc) is 2.75. The first-order valence-corrected chi connectivity index (χ1v) is 8.35. The van der Waals surface area contributed by atoms with E-state index in [1.54, 1.807) is 0 Å². The highest BCUT2D eigenvalue weighted by Crippen LogP contribution is 2.33. The molecule has 114 valence electrons. The van der Waals surface area contributed by atoms with Crippen LogP contribution in [-0.4, -0.2) is 15.8 Å². The van der Waals surface area contributed by atoms with E-state index >= 15 is 0 Å². The van der Waals surface area contributed by atoms with Gasteiger partial charge in [-0.2, -0.15) is 5.10 Å². The van der Waals surface area contributed by atoms with Crippen LogP contribution in [0.4, 0.5) is 0 Å². The molecule has 3 nitrogen and oxygen atoms in total. The second-order valence-electron chi connectivity index (χ2n) is 6.69. The Bertz CT molecular complexity index is 402. The predicted molar refractivity (Wildman–Crippen MR) is 84.6 cm³/mol. The molecule has 1 heterocycles. The van der Waals surface area contributed by atoms with E-state index in [0.717, 1.165) is 18.0 Å². The Balaban J connectivity index is 1.80. The van der Waals surface area contributed by atoms with Gasteiger partial charge in [0, 0.05) is 25.2 Å². The number of aromatic nitrogens is 2. The zero-order chi connectivity index (χ0) is 14.5. The zero-order valence-electron chi connectivity index (χ0n) is 13.4. The molecule has 0 spiro atoms. The Morgan fingerprint density at radius 2 is 2.05 bits per heavy atom. The lowest BCUT2D eigenvalue weighted by atomic mass is 9.76. The number of hydrogen-bond acceptors (Lipinski definition) is 2. The summed E-state index contributed by atoms with van der Waals surface area (Å²) < 4.78 is 1.99. The van der Waals surface area contributed by atoms with Gasteiger partial charge in [-0.25, -0.2) is 0 Å². The summed E-state index contributed by atoms with van der Waals surface area (Å²) in [5.41, 5.74) is 8.84. The molecule has 1 atom stereocenters. The van der Waals surface area contributed by atoms with Crippen molar-refractivity contribution < 1.29 is 0 Å². The predicted octanol–water partition coefficient (Wildman–Crippen LogP) is 3.59. The normalized spacial score (nSPS) is 24.8. The van der Waals surface area contributed by atoms with E-state index in [1.165, 1.54) is 50.6 Å². The monoisotopic (exact) mass is 277 g/mol. The van der Waals surface area contributed by atoms with Gasteiger partial charge in [0.2, 0.25) is 0 Å². The van der Waals surface area contributed by atoms with Gasteiger partial charge < -0.3 is 5.73 Å². The topological polar surface area (TPSA) is 43.8 Å².